The highest BCUT2D eigenvalue weighted by Crippen LogP contribution is 2.26. The highest BCUT2D eigenvalue weighted by atomic mass is 32.1. The van der Waals surface area contributed by atoms with Crippen LogP contribution in [0.1, 0.15) is 11.0 Å². The molecule has 1 unspecified atom stereocenters. The Kier molecular flexibility index (Phi) is 3.40. The number of thiazole rings is 1. The molecule has 1 aliphatic rings. The lowest BCUT2D eigenvalue weighted by atomic mass is 10.3. The molecule has 0 radical (unpaired) electrons. The number of likely N-dealkylation sites (N-methyl/N-ethyl adjacent to an activating group) is 1. The lowest BCUT2D eigenvalue weighted by molar-refractivity contribution is 0.293. The van der Waals surface area contributed by atoms with Gasteiger partial charge in [0.05, 0.1) is 6.54 Å². The van der Waals surface area contributed by atoms with E-state index < -0.39 is 0 Å². The molecule has 6 heteroatoms. The minimum absolute atomic E-state index is 0.236. The van der Waals surface area contributed by atoms with Crippen LogP contribution in [-0.2, 0) is 0 Å². The maximum absolute atomic E-state index is 5.90. The molecule has 1 aliphatic heterocycles. The van der Waals surface area contributed by atoms with Crippen molar-refractivity contribution in [2.24, 2.45) is 10.7 Å². The second-order valence-electron chi connectivity index (χ2n) is 4.08. The fourth-order valence-corrected chi connectivity index (χ4v) is 2.46. The van der Waals surface area contributed by atoms with Crippen molar-refractivity contribution in [1.29, 1.82) is 0 Å². The summed E-state index contributed by atoms with van der Waals surface area (Å²) >= 11 is 1.66. The summed E-state index contributed by atoms with van der Waals surface area (Å²) in [4.78, 5) is 12.9. The number of aliphatic imine (C=N–C) groups is 1. The Balaban J connectivity index is 2.04. The number of nitrogens with two attached hydrogens (primary N) is 1. The summed E-state index contributed by atoms with van der Waals surface area (Å²) in [6, 6.07) is 0.236. The molecule has 0 saturated carbocycles. The largest absolute Gasteiger partial charge is 0.370 e. The summed E-state index contributed by atoms with van der Waals surface area (Å²) in [6.07, 6.45) is 1.83. The zero-order valence-electron chi connectivity index (χ0n) is 9.63. The summed E-state index contributed by atoms with van der Waals surface area (Å²) in [5.41, 5.74) is 5.90. The van der Waals surface area contributed by atoms with Gasteiger partial charge >= 0.3 is 0 Å². The zero-order valence-corrected chi connectivity index (χ0v) is 10.4. The maximum atomic E-state index is 5.90. The number of nitrogens with zero attached hydrogens (tertiary/aromatic N) is 4. The van der Waals surface area contributed by atoms with Gasteiger partial charge in [0.25, 0.3) is 0 Å². The van der Waals surface area contributed by atoms with E-state index in [1.54, 1.807) is 11.3 Å². The second-order valence-corrected chi connectivity index (χ2v) is 5.01. The molecule has 0 amide bonds. The molecule has 2 heterocycles. The van der Waals surface area contributed by atoms with Gasteiger partial charge in [-0.1, -0.05) is 0 Å². The first-order valence-electron chi connectivity index (χ1n) is 5.29. The molecule has 0 spiro atoms. The van der Waals surface area contributed by atoms with Crippen molar-refractivity contribution in [1.82, 2.24) is 14.8 Å². The van der Waals surface area contributed by atoms with Crippen LogP contribution in [0.25, 0.3) is 0 Å². The first-order valence-corrected chi connectivity index (χ1v) is 6.17. The maximum Gasteiger partial charge on any atom is 0.192 e. The molecule has 0 saturated heterocycles. The molecule has 1 aromatic rings. The molecule has 88 valence electrons. The Morgan fingerprint density at radius 3 is 3.06 bits per heavy atom. The predicted octanol–water partition coefficient (Wildman–Crippen LogP) is 0.376. The Bertz CT molecular complexity index is 359. The molecular formula is C10H17N5S. The van der Waals surface area contributed by atoms with Crippen LogP contribution in [0.2, 0.25) is 0 Å². The van der Waals surface area contributed by atoms with E-state index in [2.05, 4.69) is 33.9 Å². The van der Waals surface area contributed by atoms with Crippen molar-refractivity contribution in [2.45, 2.75) is 6.04 Å². The second kappa shape index (κ2) is 4.80. The summed E-state index contributed by atoms with van der Waals surface area (Å²) in [5, 5.41) is 3.09. The van der Waals surface area contributed by atoms with Crippen molar-refractivity contribution in [3.05, 3.63) is 16.6 Å². The van der Waals surface area contributed by atoms with Gasteiger partial charge in [-0.25, -0.2) is 4.98 Å². The van der Waals surface area contributed by atoms with Gasteiger partial charge in [0.1, 0.15) is 11.0 Å². The van der Waals surface area contributed by atoms with Crippen LogP contribution >= 0.6 is 11.3 Å². The zero-order chi connectivity index (χ0) is 11.5. The standard InChI is InChI=1S/C10H17N5S/c1-14(2)4-5-15-8(7-13-10(15)11)9-12-3-6-16-9/h3,6,8H,4-5,7H2,1-2H3,(H2,11,13). The number of rotatable bonds is 4. The average Bonchev–Trinajstić information content (AvgIpc) is 2.83. The third-order valence-electron chi connectivity index (χ3n) is 2.62. The molecule has 2 N–H and O–H groups in total. The molecule has 0 aromatic carbocycles. The van der Waals surface area contributed by atoms with Gasteiger partial charge in [-0.15, -0.1) is 11.3 Å². The van der Waals surface area contributed by atoms with E-state index in [1.165, 1.54) is 0 Å². The lowest BCUT2D eigenvalue weighted by Gasteiger charge is -2.26. The van der Waals surface area contributed by atoms with Crippen molar-refractivity contribution in [3.63, 3.8) is 0 Å². The molecule has 1 aromatic heterocycles. The van der Waals surface area contributed by atoms with Gasteiger partial charge in [-0.2, -0.15) is 0 Å². The van der Waals surface area contributed by atoms with Crippen molar-refractivity contribution in [3.8, 4) is 0 Å². The van der Waals surface area contributed by atoms with E-state index in [1.807, 2.05) is 11.6 Å². The number of hydrogen-bond acceptors (Lipinski definition) is 6. The third-order valence-corrected chi connectivity index (χ3v) is 3.50. The first kappa shape index (κ1) is 11.3. The van der Waals surface area contributed by atoms with Gasteiger partial charge in [-0.05, 0) is 14.1 Å². The van der Waals surface area contributed by atoms with Gasteiger partial charge in [-0.3, -0.25) is 4.99 Å². The van der Waals surface area contributed by atoms with E-state index in [4.69, 9.17) is 5.73 Å². The molecule has 2 rings (SSSR count). The van der Waals surface area contributed by atoms with Crippen molar-refractivity contribution >= 4 is 17.3 Å². The third kappa shape index (κ3) is 2.33. The minimum Gasteiger partial charge on any atom is -0.370 e. The Labute approximate surface area is 99.6 Å². The van der Waals surface area contributed by atoms with Crippen LogP contribution in [0, 0.1) is 0 Å². The number of aromatic nitrogens is 1. The van der Waals surface area contributed by atoms with Crippen LogP contribution in [0.3, 0.4) is 0 Å². The Hall–Kier alpha value is -1.14. The normalized spacial score (nSPS) is 20.6. The van der Waals surface area contributed by atoms with E-state index in [9.17, 15) is 0 Å². The van der Waals surface area contributed by atoms with Gasteiger partial charge in [0.2, 0.25) is 0 Å². The molecule has 0 aliphatic carbocycles. The summed E-state index contributed by atoms with van der Waals surface area (Å²) in [5.74, 6) is 0.641. The Morgan fingerprint density at radius 1 is 1.62 bits per heavy atom. The topological polar surface area (TPSA) is 57.8 Å². The van der Waals surface area contributed by atoms with Crippen LogP contribution in [0.15, 0.2) is 16.6 Å². The predicted molar refractivity (Wildman–Crippen MR) is 66.6 cm³/mol. The van der Waals surface area contributed by atoms with E-state index >= 15 is 0 Å². The smallest absolute Gasteiger partial charge is 0.192 e. The summed E-state index contributed by atoms with van der Waals surface area (Å²) < 4.78 is 0. The van der Waals surface area contributed by atoms with Crippen LogP contribution in [-0.4, -0.2) is 54.5 Å². The van der Waals surface area contributed by atoms with Crippen LogP contribution < -0.4 is 5.73 Å². The summed E-state index contributed by atoms with van der Waals surface area (Å²) in [6.45, 7) is 2.59. The minimum atomic E-state index is 0.236. The molecule has 0 bridgehead atoms. The number of guanidine groups is 1. The van der Waals surface area contributed by atoms with E-state index in [-0.39, 0.29) is 6.04 Å². The lowest BCUT2D eigenvalue weighted by Crippen LogP contribution is -2.40. The highest BCUT2D eigenvalue weighted by molar-refractivity contribution is 7.09. The van der Waals surface area contributed by atoms with Crippen molar-refractivity contribution < 1.29 is 0 Å². The highest BCUT2D eigenvalue weighted by Gasteiger charge is 2.28. The molecule has 16 heavy (non-hydrogen) atoms. The SMILES string of the molecule is CN(C)CCN1C(N)=NCC1c1nccs1. The fourth-order valence-electron chi connectivity index (χ4n) is 1.72. The van der Waals surface area contributed by atoms with Gasteiger partial charge in [0.15, 0.2) is 5.96 Å². The quantitative estimate of drug-likeness (QED) is 0.825. The molecule has 0 fully saturated rings. The van der Waals surface area contributed by atoms with E-state index in [0.717, 1.165) is 24.6 Å². The van der Waals surface area contributed by atoms with Crippen LogP contribution in [0.5, 0.6) is 0 Å². The van der Waals surface area contributed by atoms with Gasteiger partial charge in [0, 0.05) is 24.7 Å². The molecular weight excluding hydrogens is 222 g/mol. The van der Waals surface area contributed by atoms with Gasteiger partial charge < -0.3 is 15.5 Å². The fraction of sp³-hybridized carbons (Fsp3) is 0.600. The summed E-state index contributed by atoms with van der Waals surface area (Å²) in [7, 11) is 4.11. The number of hydrogen-bond donors (Lipinski definition) is 1. The monoisotopic (exact) mass is 239 g/mol. The average molecular weight is 239 g/mol. The molecule has 1 atom stereocenters. The first-order chi connectivity index (χ1) is 7.68. The van der Waals surface area contributed by atoms with E-state index in [0.29, 0.717) is 5.96 Å². The Morgan fingerprint density at radius 2 is 2.44 bits per heavy atom. The molecule has 5 nitrogen and oxygen atoms in total. The van der Waals surface area contributed by atoms with Crippen molar-refractivity contribution in [2.75, 3.05) is 33.7 Å². The van der Waals surface area contributed by atoms with Crippen LogP contribution in [0.4, 0.5) is 0 Å².